The standard InChI is InChI=1S/C20H25N3O5/c24-17-15(8-4-5-11-21-19(17)26)22-18(25)16(14-9-10-14)23-20(27)28-12-13-6-2-1-3-7-13/h1-3,6-7,14-16H,4-5,8-12H2,(H,21,26)(H,22,25)(H,23,27). The van der Waals surface area contributed by atoms with Crippen LogP contribution in [0, 0.1) is 5.92 Å². The van der Waals surface area contributed by atoms with Gasteiger partial charge in [0.25, 0.3) is 5.91 Å². The van der Waals surface area contributed by atoms with Crippen molar-refractivity contribution in [1.29, 1.82) is 0 Å². The minimum atomic E-state index is -0.865. The van der Waals surface area contributed by atoms with Gasteiger partial charge >= 0.3 is 6.09 Å². The van der Waals surface area contributed by atoms with Crippen LogP contribution in [0.25, 0.3) is 0 Å². The zero-order valence-corrected chi connectivity index (χ0v) is 15.6. The van der Waals surface area contributed by atoms with Crippen LogP contribution < -0.4 is 16.0 Å². The molecule has 8 heteroatoms. The van der Waals surface area contributed by atoms with E-state index in [0.717, 1.165) is 31.2 Å². The van der Waals surface area contributed by atoms with Gasteiger partial charge in [0.1, 0.15) is 12.6 Å². The molecule has 2 atom stereocenters. The molecule has 150 valence electrons. The van der Waals surface area contributed by atoms with E-state index >= 15 is 0 Å². The molecule has 2 unspecified atom stereocenters. The van der Waals surface area contributed by atoms with Crippen LogP contribution in [0.15, 0.2) is 30.3 Å². The van der Waals surface area contributed by atoms with Crippen LogP contribution in [-0.2, 0) is 25.7 Å². The summed E-state index contributed by atoms with van der Waals surface area (Å²) in [5.41, 5.74) is 0.844. The summed E-state index contributed by atoms with van der Waals surface area (Å²) in [5.74, 6) is -1.76. The maximum absolute atomic E-state index is 12.7. The molecule has 2 fully saturated rings. The Balaban J connectivity index is 1.55. The summed E-state index contributed by atoms with van der Waals surface area (Å²) in [7, 11) is 0. The average molecular weight is 387 g/mol. The third-order valence-electron chi connectivity index (χ3n) is 4.92. The number of hydrogen-bond acceptors (Lipinski definition) is 5. The molecule has 1 aliphatic heterocycles. The van der Waals surface area contributed by atoms with Gasteiger partial charge in [-0.15, -0.1) is 0 Å². The Hall–Kier alpha value is -2.90. The molecule has 3 N–H and O–H groups in total. The van der Waals surface area contributed by atoms with Crippen LogP contribution in [-0.4, -0.2) is 42.3 Å². The number of hydrogen-bond donors (Lipinski definition) is 3. The fourth-order valence-electron chi connectivity index (χ4n) is 3.17. The van der Waals surface area contributed by atoms with E-state index in [1.54, 1.807) is 0 Å². The molecule has 0 bridgehead atoms. The van der Waals surface area contributed by atoms with Crippen molar-refractivity contribution in [3.63, 3.8) is 0 Å². The first-order chi connectivity index (χ1) is 13.5. The molecule has 1 aliphatic carbocycles. The van der Waals surface area contributed by atoms with Crippen molar-refractivity contribution < 1.29 is 23.9 Å². The second-order valence-corrected chi connectivity index (χ2v) is 7.20. The maximum Gasteiger partial charge on any atom is 0.408 e. The highest BCUT2D eigenvalue weighted by Crippen LogP contribution is 2.33. The summed E-state index contributed by atoms with van der Waals surface area (Å²) in [4.78, 5) is 48.8. The summed E-state index contributed by atoms with van der Waals surface area (Å²) in [6.07, 6.45) is 2.83. The summed E-state index contributed by atoms with van der Waals surface area (Å²) in [6, 6.07) is 7.60. The molecule has 1 saturated carbocycles. The molecule has 2 aliphatic rings. The van der Waals surface area contributed by atoms with Crippen molar-refractivity contribution in [3.8, 4) is 0 Å². The van der Waals surface area contributed by atoms with E-state index in [4.69, 9.17) is 4.74 Å². The fourth-order valence-corrected chi connectivity index (χ4v) is 3.17. The van der Waals surface area contributed by atoms with Crippen LogP contribution >= 0.6 is 0 Å². The number of nitrogens with one attached hydrogen (secondary N) is 3. The van der Waals surface area contributed by atoms with Crippen molar-refractivity contribution in [2.75, 3.05) is 6.54 Å². The molecule has 0 radical (unpaired) electrons. The highest BCUT2D eigenvalue weighted by Gasteiger charge is 2.39. The number of ketones is 1. The van der Waals surface area contributed by atoms with E-state index in [1.807, 2.05) is 30.3 Å². The van der Waals surface area contributed by atoms with Gasteiger partial charge in [-0.2, -0.15) is 0 Å². The van der Waals surface area contributed by atoms with Crippen LogP contribution in [0.2, 0.25) is 0 Å². The third kappa shape index (κ3) is 5.55. The number of rotatable bonds is 6. The molecule has 3 amide bonds. The Morgan fingerprint density at radius 1 is 1.11 bits per heavy atom. The predicted octanol–water partition coefficient (Wildman–Crippen LogP) is 1.05. The first-order valence-electron chi connectivity index (χ1n) is 9.64. The molecular formula is C20H25N3O5. The molecular weight excluding hydrogens is 362 g/mol. The second-order valence-electron chi connectivity index (χ2n) is 7.20. The van der Waals surface area contributed by atoms with Crippen molar-refractivity contribution in [2.24, 2.45) is 5.92 Å². The number of Topliss-reactive ketones (excluding diaryl/α,β-unsaturated/α-hetero) is 1. The molecule has 1 aromatic rings. The van der Waals surface area contributed by atoms with Crippen molar-refractivity contribution in [3.05, 3.63) is 35.9 Å². The highest BCUT2D eigenvalue weighted by atomic mass is 16.5. The lowest BCUT2D eigenvalue weighted by molar-refractivity contribution is -0.140. The van der Waals surface area contributed by atoms with Gasteiger partial charge in [0.05, 0.1) is 6.04 Å². The first-order valence-corrected chi connectivity index (χ1v) is 9.64. The third-order valence-corrected chi connectivity index (χ3v) is 4.92. The van der Waals surface area contributed by atoms with Gasteiger partial charge in [0.2, 0.25) is 11.7 Å². The van der Waals surface area contributed by atoms with Crippen LogP contribution in [0.1, 0.15) is 37.7 Å². The number of amides is 3. The van der Waals surface area contributed by atoms with Crippen molar-refractivity contribution in [2.45, 2.75) is 50.8 Å². The van der Waals surface area contributed by atoms with Gasteiger partial charge in [0.15, 0.2) is 0 Å². The molecule has 28 heavy (non-hydrogen) atoms. The van der Waals surface area contributed by atoms with E-state index < -0.39 is 35.8 Å². The number of benzene rings is 1. The zero-order valence-electron chi connectivity index (χ0n) is 15.6. The topological polar surface area (TPSA) is 114 Å². The number of alkyl carbamates (subject to hydrolysis) is 1. The number of carbonyl (C=O) groups is 4. The van der Waals surface area contributed by atoms with E-state index in [9.17, 15) is 19.2 Å². The molecule has 1 saturated heterocycles. The van der Waals surface area contributed by atoms with Crippen molar-refractivity contribution in [1.82, 2.24) is 16.0 Å². The van der Waals surface area contributed by atoms with Crippen LogP contribution in [0.3, 0.4) is 0 Å². The molecule has 1 aromatic carbocycles. The minimum absolute atomic E-state index is 0.0155. The van der Waals surface area contributed by atoms with Gasteiger partial charge in [-0.1, -0.05) is 30.3 Å². The lowest BCUT2D eigenvalue weighted by Crippen LogP contribution is -2.55. The molecule has 3 rings (SSSR count). The van der Waals surface area contributed by atoms with E-state index in [2.05, 4.69) is 16.0 Å². The smallest absolute Gasteiger partial charge is 0.408 e. The van der Waals surface area contributed by atoms with Crippen LogP contribution in [0.5, 0.6) is 0 Å². The normalized spacial score (nSPS) is 20.9. The van der Waals surface area contributed by atoms with Gasteiger partial charge in [-0.25, -0.2) is 4.79 Å². The molecule has 0 spiro atoms. The Labute approximate surface area is 163 Å². The maximum atomic E-state index is 12.7. The van der Waals surface area contributed by atoms with Gasteiger partial charge in [-0.3, -0.25) is 14.4 Å². The van der Waals surface area contributed by atoms with E-state index in [-0.39, 0.29) is 12.5 Å². The quantitative estimate of drug-likeness (QED) is 0.632. The summed E-state index contributed by atoms with van der Waals surface area (Å²) in [6.45, 7) is 0.567. The van der Waals surface area contributed by atoms with E-state index in [0.29, 0.717) is 13.0 Å². The fraction of sp³-hybridized carbons (Fsp3) is 0.500. The van der Waals surface area contributed by atoms with Crippen molar-refractivity contribution >= 4 is 23.7 Å². The number of ether oxygens (including phenoxy) is 1. The largest absolute Gasteiger partial charge is 0.445 e. The summed E-state index contributed by atoms with van der Waals surface area (Å²) >= 11 is 0. The Morgan fingerprint density at radius 2 is 1.86 bits per heavy atom. The average Bonchev–Trinajstić information content (AvgIpc) is 3.53. The molecule has 1 heterocycles. The second kappa shape index (κ2) is 9.34. The number of carbonyl (C=O) groups excluding carboxylic acids is 4. The Bertz CT molecular complexity index is 733. The lowest BCUT2D eigenvalue weighted by Gasteiger charge is -2.23. The van der Waals surface area contributed by atoms with Gasteiger partial charge in [0, 0.05) is 6.54 Å². The highest BCUT2D eigenvalue weighted by molar-refractivity contribution is 6.38. The van der Waals surface area contributed by atoms with Gasteiger partial charge < -0.3 is 20.7 Å². The van der Waals surface area contributed by atoms with Crippen LogP contribution in [0.4, 0.5) is 4.79 Å². The SMILES string of the molecule is O=C(NC(C(=O)NC1CCCCNC(=O)C1=O)C1CC1)OCc1ccccc1. The monoisotopic (exact) mass is 387 g/mol. The predicted molar refractivity (Wildman–Crippen MR) is 100 cm³/mol. The first kappa shape index (κ1) is 19.9. The Kier molecular flexibility index (Phi) is 6.62. The zero-order chi connectivity index (χ0) is 19.9. The minimum Gasteiger partial charge on any atom is -0.445 e. The molecule has 8 nitrogen and oxygen atoms in total. The summed E-state index contributed by atoms with van der Waals surface area (Å²) < 4.78 is 5.19. The lowest BCUT2D eigenvalue weighted by atomic mass is 10.0. The van der Waals surface area contributed by atoms with E-state index in [1.165, 1.54) is 0 Å². The Morgan fingerprint density at radius 3 is 2.57 bits per heavy atom. The summed E-state index contributed by atoms with van der Waals surface area (Å²) in [5, 5.41) is 7.79. The van der Waals surface area contributed by atoms with Gasteiger partial charge in [-0.05, 0) is 43.6 Å². The molecule has 0 aromatic heterocycles.